The summed E-state index contributed by atoms with van der Waals surface area (Å²) in [6, 6.07) is 10.7. The molecule has 2 aromatic rings. The van der Waals surface area contributed by atoms with Crippen LogP contribution in [0.4, 0.5) is 4.39 Å². The Kier molecular flexibility index (Phi) is 5.33. The maximum Gasteiger partial charge on any atom is 0.264 e. The van der Waals surface area contributed by atoms with Gasteiger partial charge in [0.15, 0.2) is 0 Å². The minimum absolute atomic E-state index is 0.115. The molecule has 26 heavy (non-hydrogen) atoms. The predicted octanol–water partition coefficient (Wildman–Crippen LogP) is 3.70. The van der Waals surface area contributed by atoms with Gasteiger partial charge in [0, 0.05) is 44.2 Å². The third-order valence-electron chi connectivity index (χ3n) is 5.04. The van der Waals surface area contributed by atoms with Crippen LogP contribution in [0.5, 0.6) is 0 Å². The predicted molar refractivity (Wildman–Crippen MR) is 99.8 cm³/mol. The summed E-state index contributed by atoms with van der Waals surface area (Å²) in [6.45, 7) is 4.59. The number of ether oxygens (including phenoxy) is 1. The van der Waals surface area contributed by atoms with E-state index >= 15 is 0 Å². The molecule has 1 atom stereocenters. The summed E-state index contributed by atoms with van der Waals surface area (Å²) in [5.41, 5.74) is 0.976. The Labute approximate surface area is 157 Å². The first-order valence-corrected chi connectivity index (χ1v) is 9.98. The van der Waals surface area contributed by atoms with E-state index in [0.29, 0.717) is 13.1 Å². The average Bonchev–Trinajstić information content (AvgIpc) is 3.33. The van der Waals surface area contributed by atoms with Crippen molar-refractivity contribution in [2.45, 2.75) is 25.5 Å². The minimum Gasteiger partial charge on any atom is -0.373 e. The molecule has 1 aromatic carbocycles. The molecule has 0 N–H and O–H groups in total. The van der Waals surface area contributed by atoms with E-state index in [9.17, 15) is 9.18 Å². The SMILES string of the molecule is O=C(c1ccc([C@H]2CCCO2)s1)N1CCN(Cc2cccc(F)c2)CC1. The third kappa shape index (κ3) is 3.98. The van der Waals surface area contributed by atoms with Crippen LogP contribution in [-0.2, 0) is 11.3 Å². The number of thiophene rings is 1. The molecule has 4 rings (SSSR count). The molecular weight excluding hydrogens is 351 g/mol. The Bertz CT molecular complexity index is 765. The molecule has 0 unspecified atom stereocenters. The van der Waals surface area contributed by atoms with Crippen LogP contribution in [0, 0.1) is 5.82 Å². The molecule has 2 aliphatic rings. The molecule has 0 bridgehead atoms. The summed E-state index contributed by atoms with van der Waals surface area (Å²) < 4.78 is 19.0. The molecule has 138 valence electrons. The number of hydrogen-bond donors (Lipinski definition) is 0. The summed E-state index contributed by atoms with van der Waals surface area (Å²) in [4.78, 5) is 18.9. The van der Waals surface area contributed by atoms with Crippen LogP contribution in [0.3, 0.4) is 0 Å². The molecule has 0 aliphatic carbocycles. The van der Waals surface area contributed by atoms with Crippen molar-refractivity contribution in [3.8, 4) is 0 Å². The normalized spacial score (nSPS) is 21.3. The highest BCUT2D eigenvalue weighted by molar-refractivity contribution is 7.14. The van der Waals surface area contributed by atoms with E-state index in [-0.39, 0.29) is 17.8 Å². The van der Waals surface area contributed by atoms with Crippen molar-refractivity contribution in [2.75, 3.05) is 32.8 Å². The number of hydrogen-bond acceptors (Lipinski definition) is 4. The zero-order chi connectivity index (χ0) is 17.9. The van der Waals surface area contributed by atoms with E-state index in [2.05, 4.69) is 4.90 Å². The van der Waals surface area contributed by atoms with Crippen LogP contribution >= 0.6 is 11.3 Å². The maximum atomic E-state index is 13.3. The smallest absolute Gasteiger partial charge is 0.264 e. The molecular formula is C20H23FN2O2S. The number of halogens is 1. The second kappa shape index (κ2) is 7.86. The van der Waals surface area contributed by atoms with Crippen molar-refractivity contribution in [3.63, 3.8) is 0 Å². The van der Waals surface area contributed by atoms with Crippen LogP contribution in [-0.4, -0.2) is 48.5 Å². The fraction of sp³-hybridized carbons (Fsp3) is 0.450. The third-order valence-corrected chi connectivity index (χ3v) is 6.20. The van der Waals surface area contributed by atoms with Gasteiger partial charge in [-0.1, -0.05) is 12.1 Å². The van der Waals surface area contributed by atoms with Crippen LogP contribution in [0.25, 0.3) is 0 Å². The monoisotopic (exact) mass is 374 g/mol. The zero-order valence-corrected chi connectivity index (χ0v) is 15.5. The van der Waals surface area contributed by atoms with Crippen molar-refractivity contribution < 1.29 is 13.9 Å². The molecule has 4 nitrogen and oxygen atoms in total. The molecule has 3 heterocycles. The highest BCUT2D eigenvalue weighted by Gasteiger charge is 2.25. The van der Waals surface area contributed by atoms with Crippen molar-refractivity contribution in [2.24, 2.45) is 0 Å². The summed E-state index contributed by atoms with van der Waals surface area (Å²) >= 11 is 1.57. The first kappa shape index (κ1) is 17.6. The number of carbonyl (C=O) groups is 1. The fourth-order valence-electron chi connectivity index (χ4n) is 3.60. The van der Waals surface area contributed by atoms with Crippen LogP contribution < -0.4 is 0 Å². The van der Waals surface area contributed by atoms with Gasteiger partial charge < -0.3 is 9.64 Å². The number of amides is 1. The van der Waals surface area contributed by atoms with Gasteiger partial charge in [-0.15, -0.1) is 11.3 Å². The van der Waals surface area contributed by atoms with Crippen molar-refractivity contribution in [3.05, 3.63) is 57.5 Å². The lowest BCUT2D eigenvalue weighted by Crippen LogP contribution is -2.48. The minimum atomic E-state index is -0.198. The maximum absolute atomic E-state index is 13.3. The van der Waals surface area contributed by atoms with Crippen LogP contribution in [0.2, 0.25) is 0 Å². The molecule has 0 saturated carbocycles. The molecule has 2 aliphatic heterocycles. The average molecular weight is 374 g/mol. The van der Waals surface area contributed by atoms with Crippen LogP contribution in [0.15, 0.2) is 36.4 Å². The second-order valence-corrected chi connectivity index (χ2v) is 8.02. The summed E-state index contributed by atoms with van der Waals surface area (Å²) in [5.74, 6) is -0.0827. The second-order valence-electron chi connectivity index (χ2n) is 6.90. The van der Waals surface area contributed by atoms with E-state index in [4.69, 9.17) is 4.74 Å². The molecule has 2 saturated heterocycles. The zero-order valence-electron chi connectivity index (χ0n) is 14.7. The molecule has 0 radical (unpaired) electrons. The standard InChI is InChI=1S/C20H23FN2O2S/c21-16-4-1-3-15(13-16)14-22-8-10-23(11-9-22)20(24)19-7-6-18(26-19)17-5-2-12-25-17/h1,3-4,6-7,13,17H,2,5,8-12,14H2/t17-/m1/s1. The van der Waals surface area contributed by atoms with E-state index in [1.165, 1.54) is 6.07 Å². The number of piperazine rings is 1. The highest BCUT2D eigenvalue weighted by Crippen LogP contribution is 2.33. The largest absolute Gasteiger partial charge is 0.373 e. The van der Waals surface area contributed by atoms with Gasteiger partial charge in [-0.2, -0.15) is 0 Å². The first-order chi connectivity index (χ1) is 12.7. The topological polar surface area (TPSA) is 32.8 Å². The highest BCUT2D eigenvalue weighted by atomic mass is 32.1. The quantitative estimate of drug-likeness (QED) is 0.818. The first-order valence-electron chi connectivity index (χ1n) is 9.16. The Balaban J connectivity index is 1.32. The van der Waals surface area contributed by atoms with Gasteiger partial charge in [-0.3, -0.25) is 9.69 Å². The van der Waals surface area contributed by atoms with Gasteiger partial charge in [-0.05, 0) is 42.7 Å². The lowest BCUT2D eigenvalue weighted by molar-refractivity contribution is 0.0633. The Morgan fingerprint density at radius 3 is 2.77 bits per heavy atom. The van der Waals surface area contributed by atoms with E-state index < -0.39 is 0 Å². The van der Waals surface area contributed by atoms with Crippen molar-refractivity contribution in [1.82, 2.24) is 9.80 Å². The van der Waals surface area contributed by atoms with E-state index in [1.807, 2.05) is 23.1 Å². The summed E-state index contributed by atoms with van der Waals surface area (Å²) in [6.07, 6.45) is 2.32. The number of benzene rings is 1. The number of carbonyl (C=O) groups excluding carboxylic acids is 1. The van der Waals surface area contributed by atoms with Gasteiger partial charge in [0.2, 0.25) is 0 Å². The Hall–Kier alpha value is -1.76. The Morgan fingerprint density at radius 2 is 2.04 bits per heavy atom. The van der Waals surface area contributed by atoms with Gasteiger partial charge >= 0.3 is 0 Å². The van der Waals surface area contributed by atoms with E-state index in [0.717, 1.165) is 54.4 Å². The number of rotatable bonds is 4. The van der Waals surface area contributed by atoms with Gasteiger partial charge in [0.25, 0.3) is 5.91 Å². The van der Waals surface area contributed by atoms with Gasteiger partial charge in [0.05, 0.1) is 11.0 Å². The lowest BCUT2D eigenvalue weighted by atomic mass is 10.2. The Morgan fingerprint density at radius 1 is 1.19 bits per heavy atom. The van der Waals surface area contributed by atoms with Crippen molar-refractivity contribution in [1.29, 1.82) is 0 Å². The number of nitrogens with zero attached hydrogens (tertiary/aromatic N) is 2. The summed E-state index contributed by atoms with van der Waals surface area (Å²) in [7, 11) is 0. The molecule has 1 aromatic heterocycles. The van der Waals surface area contributed by atoms with Crippen molar-refractivity contribution >= 4 is 17.2 Å². The van der Waals surface area contributed by atoms with E-state index in [1.54, 1.807) is 23.5 Å². The molecule has 6 heteroatoms. The molecule has 2 fully saturated rings. The molecule has 1 amide bonds. The fourth-order valence-corrected chi connectivity index (χ4v) is 4.66. The van der Waals surface area contributed by atoms with Gasteiger partial charge in [0.1, 0.15) is 5.82 Å². The van der Waals surface area contributed by atoms with Gasteiger partial charge in [-0.25, -0.2) is 4.39 Å². The van der Waals surface area contributed by atoms with Crippen LogP contribution in [0.1, 0.15) is 39.1 Å². The lowest BCUT2D eigenvalue weighted by Gasteiger charge is -2.34. The summed E-state index contributed by atoms with van der Waals surface area (Å²) in [5, 5.41) is 0. The molecule has 0 spiro atoms.